The molecule has 0 saturated carbocycles. The monoisotopic (exact) mass is 293 g/mol. The van der Waals surface area contributed by atoms with E-state index in [0.29, 0.717) is 18.5 Å². The number of rotatable bonds is 5. The first-order valence-electron chi connectivity index (χ1n) is 7.39. The van der Waals surface area contributed by atoms with E-state index in [4.69, 9.17) is 5.73 Å². The number of aromatic amines is 1. The van der Waals surface area contributed by atoms with E-state index in [1.807, 2.05) is 42.5 Å². The highest BCUT2D eigenvalue weighted by atomic mass is 16.1. The molecule has 112 valence electrons. The Hall–Kier alpha value is -2.59. The lowest BCUT2D eigenvalue weighted by molar-refractivity contribution is 0.729. The maximum atomic E-state index is 12.1. The molecule has 0 aliphatic rings. The van der Waals surface area contributed by atoms with Crippen molar-refractivity contribution in [3.05, 3.63) is 76.5 Å². The summed E-state index contributed by atoms with van der Waals surface area (Å²) in [5.74, 6) is 0.925. The van der Waals surface area contributed by atoms with Crippen molar-refractivity contribution in [3.63, 3.8) is 0 Å². The minimum absolute atomic E-state index is 0.0147. The van der Waals surface area contributed by atoms with Crippen molar-refractivity contribution in [1.82, 2.24) is 4.98 Å². The molecule has 1 aromatic heterocycles. The molecule has 3 aromatic rings. The first-order chi connectivity index (χ1) is 10.8. The Morgan fingerprint density at radius 3 is 2.55 bits per heavy atom. The SMILES string of the molecule is NCC(CNc1cc(=O)c2ccccc2[nH]1)c1ccccc1. The van der Waals surface area contributed by atoms with Gasteiger partial charge in [-0.1, -0.05) is 42.5 Å². The van der Waals surface area contributed by atoms with Crippen LogP contribution >= 0.6 is 0 Å². The third-order valence-corrected chi connectivity index (χ3v) is 3.83. The van der Waals surface area contributed by atoms with E-state index in [0.717, 1.165) is 11.3 Å². The fourth-order valence-corrected chi connectivity index (χ4v) is 2.59. The molecule has 1 unspecified atom stereocenters. The predicted octanol–water partition coefficient (Wildman–Crippen LogP) is 2.68. The summed E-state index contributed by atoms with van der Waals surface area (Å²) in [7, 11) is 0. The van der Waals surface area contributed by atoms with E-state index >= 15 is 0 Å². The zero-order valence-electron chi connectivity index (χ0n) is 12.3. The Morgan fingerprint density at radius 2 is 1.77 bits per heavy atom. The van der Waals surface area contributed by atoms with Crippen LogP contribution < -0.4 is 16.5 Å². The van der Waals surface area contributed by atoms with Crippen molar-refractivity contribution < 1.29 is 0 Å². The van der Waals surface area contributed by atoms with Crippen LogP contribution in [0.2, 0.25) is 0 Å². The molecule has 3 rings (SSSR count). The fraction of sp³-hybridized carbons (Fsp3) is 0.167. The van der Waals surface area contributed by atoms with E-state index in [9.17, 15) is 4.79 Å². The maximum absolute atomic E-state index is 12.1. The number of aromatic nitrogens is 1. The highest BCUT2D eigenvalue weighted by Crippen LogP contribution is 2.16. The second kappa shape index (κ2) is 6.45. The van der Waals surface area contributed by atoms with E-state index in [2.05, 4.69) is 22.4 Å². The van der Waals surface area contributed by atoms with Crippen LogP contribution in [0.4, 0.5) is 5.82 Å². The summed E-state index contributed by atoms with van der Waals surface area (Å²) in [4.78, 5) is 15.3. The van der Waals surface area contributed by atoms with Crippen LogP contribution in [0.3, 0.4) is 0 Å². The highest BCUT2D eigenvalue weighted by molar-refractivity contribution is 5.79. The van der Waals surface area contributed by atoms with Crippen LogP contribution in [-0.2, 0) is 0 Å². The first kappa shape index (κ1) is 14.4. The summed E-state index contributed by atoms with van der Waals surface area (Å²) in [6, 6.07) is 19.3. The molecular weight excluding hydrogens is 274 g/mol. The molecule has 0 aliphatic carbocycles. The number of nitrogens with two attached hydrogens (primary N) is 1. The number of para-hydroxylation sites is 1. The summed E-state index contributed by atoms with van der Waals surface area (Å²) in [6.07, 6.45) is 0. The molecule has 1 heterocycles. The number of pyridine rings is 1. The largest absolute Gasteiger partial charge is 0.371 e. The predicted molar refractivity (Wildman–Crippen MR) is 91.3 cm³/mol. The maximum Gasteiger partial charge on any atom is 0.191 e. The van der Waals surface area contributed by atoms with Crippen molar-refractivity contribution >= 4 is 16.7 Å². The lowest BCUT2D eigenvalue weighted by Crippen LogP contribution is -2.21. The summed E-state index contributed by atoms with van der Waals surface area (Å²) in [5.41, 5.74) is 7.92. The molecule has 22 heavy (non-hydrogen) atoms. The average Bonchev–Trinajstić information content (AvgIpc) is 2.56. The summed E-state index contributed by atoms with van der Waals surface area (Å²) in [5, 5.41) is 3.99. The van der Waals surface area contributed by atoms with Crippen LogP contribution in [0.5, 0.6) is 0 Å². The topological polar surface area (TPSA) is 70.9 Å². The summed E-state index contributed by atoms with van der Waals surface area (Å²) < 4.78 is 0. The third-order valence-electron chi connectivity index (χ3n) is 3.83. The molecule has 0 spiro atoms. The van der Waals surface area contributed by atoms with Gasteiger partial charge in [-0.3, -0.25) is 4.79 Å². The molecule has 0 aliphatic heterocycles. The van der Waals surface area contributed by atoms with Crippen LogP contribution in [0.1, 0.15) is 11.5 Å². The molecule has 0 saturated heterocycles. The number of hydrogen-bond donors (Lipinski definition) is 3. The first-order valence-corrected chi connectivity index (χ1v) is 7.39. The Kier molecular flexibility index (Phi) is 4.21. The van der Waals surface area contributed by atoms with Gasteiger partial charge in [-0.05, 0) is 17.7 Å². The number of benzene rings is 2. The number of anilines is 1. The normalized spacial score (nSPS) is 12.2. The molecule has 0 bridgehead atoms. The third kappa shape index (κ3) is 3.02. The Morgan fingerprint density at radius 1 is 1.05 bits per heavy atom. The van der Waals surface area contributed by atoms with Gasteiger partial charge in [0.1, 0.15) is 5.82 Å². The lowest BCUT2D eigenvalue weighted by atomic mass is 9.99. The number of fused-ring (bicyclic) bond motifs is 1. The number of nitrogens with one attached hydrogen (secondary N) is 2. The molecular formula is C18H19N3O. The smallest absolute Gasteiger partial charge is 0.191 e. The van der Waals surface area contributed by atoms with Gasteiger partial charge in [0.2, 0.25) is 0 Å². The van der Waals surface area contributed by atoms with Gasteiger partial charge in [0.25, 0.3) is 0 Å². The van der Waals surface area contributed by atoms with Crippen molar-refractivity contribution in [2.45, 2.75) is 5.92 Å². The molecule has 0 fully saturated rings. The molecule has 4 heteroatoms. The summed E-state index contributed by atoms with van der Waals surface area (Å²) >= 11 is 0. The van der Waals surface area contributed by atoms with Gasteiger partial charge in [0.15, 0.2) is 5.43 Å². The zero-order valence-corrected chi connectivity index (χ0v) is 12.3. The minimum Gasteiger partial charge on any atom is -0.371 e. The second-order valence-corrected chi connectivity index (χ2v) is 5.32. The van der Waals surface area contributed by atoms with Crippen LogP contribution in [0, 0.1) is 0 Å². The molecule has 0 amide bonds. The summed E-state index contributed by atoms with van der Waals surface area (Å²) in [6.45, 7) is 1.23. The van der Waals surface area contributed by atoms with Crippen molar-refractivity contribution in [2.24, 2.45) is 5.73 Å². The van der Waals surface area contributed by atoms with Gasteiger partial charge < -0.3 is 16.0 Å². The van der Waals surface area contributed by atoms with E-state index in [1.54, 1.807) is 6.07 Å². The Bertz CT molecular complexity index is 811. The lowest BCUT2D eigenvalue weighted by Gasteiger charge is -2.17. The number of hydrogen-bond acceptors (Lipinski definition) is 3. The number of H-pyrrole nitrogens is 1. The Labute approximate surface area is 129 Å². The van der Waals surface area contributed by atoms with Crippen molar-refractivity contribution in [3.8, 4) is 0 Å². The van der Waals surface area contributed by atoms with Crippen LogP contribution in [0.25, 0.3) is 10.9 Å². The quantitative estimate of drug-likeness (QED) is 0.677. The molecule has 2 aromatic carbocycles. The average molecular weight is 293 g/mol. The standard InChI is InChI=1S/C18H19N3O/c19-11-14(13-6-2-1-3-7-13)12-20-18-10-17(22)15-8-4-5-9-16(15)21-18/h1-10,14H,11-12,19H2,(H2,20,21,22). The van der Waals surface area contributed by atoms with Gasteiger partial charge in [-0.25, -0.2) is 0 Å². The van der Waals surface area contributed by atoms with Crippen LogP contribution in [0.15, 0.2) is 65.5 Å². The Balaban J connectivity index is 1.80. The molecule has 4 nitrogen and oxygen atoms in total. The van der Waals surface area contributed by atoms with Gasteiger partial charge in [-0.15, -0.1) is 0 Å². The van der Waals surface area contributed by atoms with Gasteiger partial charge >= 0.3 is 0 Å². The van der Waals surface area contributed by atoms with Crippen LogP contribution in [-0.4, -0.2) is 18.1 Å². The zero-order chi connectivity index (χ0) is 15.4. The van der Waals surface area contributed by atoms with E-state index < -0.39 is 0 Å². The second-order valence-electron chi connectivity index (χ2n) is 5.32. The van der Waals surface area contributed by atoms with Gasteiger partial charge in [-0.2, -0.15) is 0 Å². The highest BCUT2D eigenvalue weighted by Gasteiger charge is 2.09. The fourth-order valence-electron chi connectivity index (χ4n) is 2.59. The van der Waals surface area contributed by atoms with Gasteiger partial charge in [0, 0.05) is 30.5 Å². The van der Waals surface area contributed by atoms with Crippen molar-refractivity contribution in [2.75, 3.05) is 18.4 Å². The molecule has 0 radical (unpaired) electrons. The van der Waals surface area contributed by atoms with E-state index in [1.165, 1.54) is 5.56 Å². The van der Waals surface area contributed by atoms with Crippen molar-refractivity contribution in [1.29, 1.82) is 0 Å². The van der Waals surface area contributed by atoms with E-state index in [-0.39, 0.29) is 11.3 Å². The molecule has 4 N–H and O–H groups in total. The van der Waals surface area contributed by atoms with Gasteiger partial charge in [0.05, 0.1) is 5.52 Å². The molecule has 1 atom stereocenters. The minimum atomic E-state index is 0.0147.